The first kappa shape index (κ1) is 11.4. The summed E-state index contributed by atoms with van der Waals surface area (Å²) in [7, 11) is -3.20. The first-order valence-corrected chi connectivity index (χ1v) is 7.35. The van der Waals surface area contributed by atoms with Gasteiger partial charge < -0.3 is 5.32 Å². The second-order valence-electron chi connectivity index (χ2n) is 4.30. The highest BCUT2D eigenvalue weighted by Gasteiger charge is 2.19. The number of anilines is 1. The maximum absolute atomic E-state index is 11.5. The van der Waals surface area contributed by atoms with Crippen molar-refractivity contribution in [3.8, 4) is 0 Å². The Kier molecular flexibility index (Phi) is 3.14. The minimum absolute atomic E-state index is 0.286. The smallest absolute Gasteiger partial charge is 0.179 e. The standard InChI is InChI=1S/C11H16N2O2S/c1-16(14,15)10-6-3-7-12-11(10)13-8-9-4-2-5-9/h3,6-7,9H,2,4-5,8H2,1H3,(H,12,13). The molecule has 0 unspecified atom stereocenters. The van der Waals surface area contributed by atoms with Gasteiger partial charge >= 0.3 is 0 Å². The van der Waals surface area contributed by atoms with Crippen molar-refractivity contribution in [2.24, 2.45) is 5.92 Å². The first-order valence-electron chi connectivity index (χ1n) is 5.46. The molecule has 16 heavy (non-hydrogen) atoms. The number of hydrogen-bond acceptors (Lipinski definition) is 4. The van der Waals surface area contributed by atoms with Crippen LogP contribution in [0.25, 0.3) is 0 Å². The summed E-state index contributed by atoms with van der Waals surface area (Å²) in [5, 5.41) is 3.13. The normalized spacial score (nSPS) is 16.8. The van der Waals surface area contributed by atoms with E-state index >= 15 is 0 Å². The fourth-order valence-corrected chi connectivity index (χ4v) is 2.56. The van der Waals surface area contributed by atoms with Crippen LogP contribution in [0, 0.1) is 5.92 Å². The highest BCUT2D eigenvalue weighted by Crippen LogP contribution is 2.27. The molecule has 1 aromatic heterocycles. The summed E-state index contributed by atoms with van der Waals surface area (Å²) >= 11 is 0. The van der Waals surface area contributed by atoms with Gasteiger partial charge in [-0.1, -0.05) is 6.42 Å². The van der Waals surface area contributed by atoms with Gasteiger partial charge in [-0.3, -0.25) is 0 Å². The molecular weight excluding hydrogens is 224 g/mol. The van der Waals surface area contributed by atoms with Gasteiger partial charge in [-0.2, -0.15) is 0 Å². The lowest BCUT2D eigenvalue weighted by Crippen LogP contribution is -2.22. The molecule has 4 nitrogen and oxygen atoms in total. The van der Waals surface area contributed by atoms with Crippen LogP contribution in [0.1, 0.15) is 19.3 Å². The SMILES string of the molecule is CS(=O)(=O)c1cccnc1NCC1CCC1. The molecule has 1 aliphatic rings. The van der Waals surface area contributed by atoms with E-state index in [1.807, 2.05) is 0 Å². The molecule has 0 saturated heterocycles. The maximum Gasteiger partial charge on any atom is 0.179 e. The third-order valence-corrected chi connectivity index (χ3v) is 4.08. The number of nitrogens with zero attached hydrogens (tertiary/aromatic N) is 1. The zero-order chi connectivity index (χ0) is 11.6. The molecule has 1 aromatic rings. The minimum Gasteiger partial charge on any atom is -0.369 e. The van der Waals surface area contributed by atoms with Crippen molar-refractivity contribution in [2.45, 2.75) is 24.2 Å². The third-order valence-electron chi connectivity index (χ3n) is 2.95. The van der Waals surface area contributed by atoms with Gasteiger partial charge in [0.25, 0.3) is 0 Å². The van der Waals surface area contributed by atoms with Gasteiger partial charge in [0.2, 0.25) is 0 Å². The summed E-state index contributed by atoms with van der Waals surface area (Å²) in [5.41, 5.74) is 0. The van der Waals surface area contributed by atoms with Crippen molar-refractivity contribution in [3.63, 3.8) is 0 Å². The summed E-state index contributed by atoms with van der Waals surface area (Å²) in [4.78, 5) is 4.37. The molecule has 2 rings (SSSR count). The maximum atomic E-state index is 11.5. The predicted octanol–water partition coefficient (Wildman–Crippen LogP) is 1.70. The van der Waals surface area contributed by atoms with Crippen molar-refractivity contribution in [2.75, 3.05) is 18.1 Å². The zero-order valence-corrected chi connectivity index (χ0v) is 10.1. The number of hydrogen-bond donors (Lipinski definition) is 1. The van der Waals surface area contributed by atoms with E-state index in [9.17, 15) is 8.42 Å². The van der Waals surface area contributed by atoms with E-state index in [1.54, 1.807) is 18.3 Å². The lowest BCUT2D eigenvalue weighted by molar-refractivity contribution is 0.333. The molecule has 0 radical (unpaired) electrons. The van der Waals surface area contributed by atoms with Crippen LogP contribution in [-0.4, -0.2) is 26.2 Å². The van der Waals surface area contributed by atoms with Crippen molar-refractivity contribution in [1.82, 2.24) is 4.98 Å². The molecule has 0 aromatic carbocycles. The Balaban J connectivity index is 2.13. The fourth-order valence-electron chi connectivity index (χ4n) is 1.76. The lowest BCUT2D eigenvalue weighted by Gasteiger charge is -2.25. The van der Waals surface area contributed by atoms with E-state index in [2.05, 4.69) is 10.3 Å². The molecule has 1 N–H and O–H groups in total. The molecule has 0 amide bonds. The summed E-state index contributed by atoms with van der Waals surface area (Å²) in [5.74, 6) is 1.16. The fraction of sp³-hybridized carbons (Fsp3) is 0.545. The zero-order valence-electron chi connectivity index (χ0n) is 9.31. The van der Waals surface area contributed by atoms with Crippen molar-refractivity contribution in [3.05, 3.63) is 18.3 Å². The second-order valence-corrected chi connectivity index (χ2v) is 6.28. The molecule has 0 atom stereocenters. The lowest BCUT2D eigenvalue weighted by atomic mass is 9.85. The van der Waals surface area contributed by atoms with Gasteiger partial charge in [0.05, 0.1) is 0 Å². The van der Waals surface area contributed by atoms with E-state index < -0.39 is 9.84 Å². The Labute approximate surface area is 96.0 Å². The summed E-state index contributed by atoms with van der Waals surface area (Å²) in [6.07, 6.45) is 6.56. The van der Waals surface area contributed by atoms with Crippen LogP contribution in [0.3, 0.4) is 0 Å². The number of aromatic nitrogens is 1. The molecule has 88 valence electrons. The Morgan fingerprint density at radius 2 is 2.25 bits per heavy atom. The average molecular weight is 240 g/mol. The van der Waals surface area contributed by atoms with Gasteiger partial charge in [-0.25, -0.2) is 13.4 Å². The topological polar surface area (TPSA) is 59.1 Å². The van der Waals surface area contributed by atoms with E-state index in [1.165, 1.54) is 25.5 Å². The average Bonchev–Trinajstić information content (AvgIpc) is 2.14. The first-order chi connectivity index (χ1) is 7.57. The number of rotatable bonds is 4. The highest BCUT2D eigenvalue weighted by molar-refractivity contribution is 7.90. The molecule has 1 saturated carbocycles. The monoisotopic (exact) mass is 240 g/mol. The number of sulfone groups is 1. The number of pyridine rings is 1. The molecule has 1 aliphatic carbocycles. The van der Waals surface area contributed by atoms with Gasteiger partial charge in [-0.15, -0.1) is 0 Å². The van der Waals surface area contributed by atoms with Crippen LogP contribution >= 0.6 is 0 Å². The van der Waals surface area contributed by atoms with E-state index in [0.29, 0.717) is 11.7 Å². The Morgan fingerprint density at radius 1 is 1.50 bits per heavy atom. The van der Waals surface area contributed by atoms with Gasteiger partial charge in [0.1, 0.15) is 10.7 Å². The Bertz CT molecular complexity index is 467. The van der Waals surface area contributed by atoms with Crippen LogP contribution in [0.2, 0.25) is 0 Å². The summed E-state index contributed by atoms with van der Waals surface area (Å²) in [6.45, 7) is 0.819. The van der Waals surface area contributed by atoms with Crippen molar-refractivity contribution >= 4 is 15.7 Å². The summed E-state index contributed by atoms with van der Waals surface area (Å²) < 4.78 is 23.0. The second kappa shape index (κ2) is 4.41. The van der Waals surface area contributed by atoms with Crippen LogP contribution in [0.4, 0.5) is 5.82 Å². The molecule has 5 heteroatoms. The quantitative estimate of drug-likeness (QED) is 0.870. The highest BCUT2D eigenvalue weighted by atomic mass is 32.2. The van der Waals surface area contributed by atoms with Crippen LogP contribution < -0.4 is 5.32 Å². The molecule has 0 aliphatic heterocycles. The van der Waals surface area contributed by atoms with E-state index in [-0.39, 0.29) is 4.90 Å². The van der Waals surface area contributed by atoms with Crippen LogP contribution in [0.15, 0.2) is 23.2 Å². The Hall–Kier alpha value is -1.10. The molecular formula is C11H16N2O2S. The minimum atomic E-state index is -3.20. The molecule has 0 spiro atoms. The van der Waals surface area contributed by atoms with E-state index in [0.717, 1.165) is 6.54 Å². The van der Waals surface area contributed by atoms with Crippen LogP contribution in [-0.2, 0) is 9.84 Å². The molecule has 1 fully saturated rings. The number of nitrogens with one attached hydrogen (secondary N) is 1. The predicted molar refractivity (Wildman–Crippen MR) is 63.2 cm³/mol. The van der Waals surface area contributed by atoms with Crippen LogP contribution in [0.5, 0.6) is 0 Å². The molecule has 1 heterocycles. The summed E-state index contributed by atoms with van der Waals surface area (Å²) in [6, 6.07) is 3.23. The van der Waals surface area contributed by atoms with E-state index in [4.69, 9.17) is 0 Å². The largest absolute Gasteiger partial charge is 0.369 e. The third kappa shape index (κ3) is 2.52. The Morgan fingerprint density at radius 3 is 2.81 bits per heavy atom. The van der Waals surface area contributed by atoms with Gasteiger partial charge in [-0.05, 0) is 30.9 Å². The van der Waals surface area contributed by atoms with Crippen molar-refractivity contribution < 1.29 is 8.42 Å². The van der Waals surface area contributed by atoms with Gasteiger partial charge in [0.15, 0.2) is 9.84 Å². The van der Waals surface area contributed by atoms with Gasteiger partial charge in [0, 0.05) is 19.0 Å². The molecule has 0 bridgehead atoms. The van der Waals surface area contributed by atoms with Crippen molar-refractivity contribution in [1.29, 1.82) is 0 Å².